The monoisotopic (exact) mass is 618 g/mol. The minimum absolute atomic E-state index is 0.239. The van der Waals surface area contributed by atoms with Crippen LogP contribution in [-0.2, 0) is 0 Å². The summed E-state index contributed by atoms with van der Waals surface area (Å²) in [5, 5.41) is 0. The van der Waals surface area contributed by atoms with E-state index in [4.69, 9.17) is 0 Å². The molecular weight excluding hydrogens is 551 g/mol. The average molecular weight is 620 g/mol. The Morgan fingerprint density at radius 3 is 1.09 bits per heavy atom. The Labute approximate surface area is 233 Å². The number of rotatable bonds is 13. The van der Waals surface area contributed by atoms with Gasteiger partial charge >= 0.3 is 0 Å². The summed E-state index contributed by atoms with van der Waals surface area (Å²) in [6.45, 7) is 50.4. The molecule has 1 nitrogen and oxygen atoms in total. The highest BCUT2D eigenvalue weighted by molar-refractivity contribution is 7.53. The fourth-order valence-electron chi connectivity index (χ4n) is 6.33. The molecule has 1 radical (unpaired) electrons. The van der Waals surface area contributed by atoms with Crippen molar-refractivity contribution in [3.8, 4) is 0 Å². The molecule has 0 atom stereocenters. The average Bonchev–Trinajstić information content (AvgIpc) is 2.45. The SMILES string of the molecule is CC(C)[Si](C[Si](C)(C)C)(C[Si](C)(C)C)[Si]=[Si](NC(C)(C)C)[Si](C[Si](C)(C)C)(C[Si](C)(C)C)C(C)C. The summed E-state index contributed by atoms with van der Waals surface area (Å²) in [4.78, 5) is 4.59. The van der Waals surface area contributed by atoms with E-state index in [0.717, 1.165) is 11.1 Å². The molecule has 9 heteroatoms. The van der Waals surface area contributed by atoms with Gasteiger partial charge in [-0.15, -0.1) is 0 Å². The molecule has 0 aromatic heterocycles. The van der Waals surface area contributed by atoms with Crippen LogP contribution in [0.15, 0.2) is 0 Å². The van der Waals surface area contributed by atoms with Gasteiger partial charge in [-0.25, -0.2) is 0 Å². The van der Waals surface area contributed by atoms with E-state index in [1.165, 1.54) is 8.13 Å². The van der Waals surface area contributed by atoms with E-state index >= 15 is 0 Å². The molecule has 0 aliphatic heterocycles. The normalized spacial score (nSPS) is 15.9. The Bertz CT molecular complexity index is 663. The largest absolute Gasteiger partial charge is 0.421 e. The Morgan fingerprint density at radius 2 is 0.886 bits per heavy atom. The predicted octanol–water partition coefficient (Wildman–Crippen LogP) is 9.37. The molecule has 0 aromatic rings. The molecule has 209 valence electrons. The van der Waals surface area contributed by atoms with Crippen LogP contribution in [0.2, 0.25) is 112 Å². The molecule has 0 unspecified atom stereocenters. The third kappa shape index (κ3) is 13.9. The van der Waals surface area contributed by atoms with Crippen LogP contribution >= 0.6 is 0 Å². The van der Waals surface area contributed by atoms with Crippen LogP contribution in [0.4, 0.5) is 0 Å². The van der Waals surface area contributed by atoms with Gasteiger partial charge in [0.2, 0.25) is 0 Å². The van der Waals surface area contributed by atoms with Crippen molar-refractivity contribution < 1.29 is 0 Å². The van der Waals surface area contributed by atoms with Gasteiger partial charge in [0, 0.05) is 46.0 Å². The van der Waals surface area contributed by atoms with Gasteiger partial charge in [-0.1, -0.05) is 134 Å². The van der Waals surface area contributed by atoms with Crippen LogP contribution in [0.1, 0.15) is 48.5 Å². The second-order valence-corrected chi connectivity index (χ2v) is 66.2. The lowest BCUT2D eigenvalue weighted by atomic mass is 10.1. The van der Waals surface area contributed by atoms with Gasteiger partial charge in [-0.3, -0.25) is 0 Å². The lowest BCUT2D eigenvalue weighted by molar-refractivity contribution is 0.524. The van der Waals surface area contributed by atoms with Gasteiger partial charge in [-0.2, -0.15) is 0 Å². The molecule has 0 heterocycles. The minimum atomic E-state index is -1.50. The Kier molecular flexibility index (Phi) is 12.9. The van der Waals surface area contributed by atoms with Crippen molar-refractivity contribution in [2.24, 2.45) is 0 Å². The molecule has 0 amide bonds. The fourth-order valence-corrected chi connectivity index (χ4v) is 119. The highest BCUT2D eigenvalue weighted by Gasteiger charge is 2.50. The third-order valence-electron chi connectivity index (χ3n) is 6.97. The standard InChI is InChI=1S/C26H68NSi8/c1-24(2)34(20-30(8,9)10,21-31(11,12)13)28-29(27-26(5,6)7)35(25(3)4,22-32(14,15)16)23-33(17,18)19/h24-25,27H,20-23H2,1-19H3. The third-order valence-corrected chi connectivity index (χ3v) is 71.6. The van der Waals surface area contributed by atoms with Gasteiger partial charge in [0.05, 0.1) is 22.8 Å². The maximum Gasteiger partial charge on any atom is 0.0809 e. The van der Waals surface area contributed by atoms with Crippen molar-refractivity contribution in [1.82, 2.24) is 4.98 Å². The fraction of sp³-hybridized carbons (Fsp3) is 1.00. The molecule has 0 aliphatic carbocycles. The molecule has 0 fully saturated rings. The highest BCUT2D eigenvalue weighted by Crippen LogP contribution is 2.40. The van der Waals surface area contributed by atoms with E-state index in [1.807, 2.05) is 0 Å². The van der Waals surface area contributed by atoms with Crippen molar-refractivity contribution in [1.29, 1.82) is 0 Å². The lowest BCUT2D eigenvalue weighted by Gasteiger charge is -2.49. The maximum atomic E-state index is 4.59. The summed E-state index contributed by atoms with van der Waals surface area (Å²) < 4.78 is 0. The molecule has 0 aromatic carbocycles. The van der Waals surface area contributed by atoms with Gasteiger partial charge < -0.3 is 4.98 Å². The zero-order valence-electron chi connectivity index (χ0n) is 28.0. The van der Waals surface area contributed by atoms with Crippen molar-refractivity contribution in [3.05, 3.63) is 0 Å². The second-order valence-electron chi connectivity index (χ2n) is 18.4. The lowest BCUT2D eigenvalue weighted by Crippen LogP contribution is -2.69. The van der Waals surface area contributed by atoms with Crippen molar-refractivity contribution in [3.63, 3.8) is 0 Å². The van der Waals surface area contributed by atoms with Crippen LogP contribution in [0.25, 0.3) is 0 Å². The summed E-state index contributed by atoms with van der Waals surface area (Å²) >= 11 is 0. The minimum Gasteiger partial charge on any atom is -0.421 e. The summed E-state index contributed by atoms with van der Waals surface area (Å²) in [6.07, 6.45) is 0. The van der Waals surface area contributed by atoms with Crippen molar-refractivity contribution in [2.75, 3.05) is 0 Å². The highest BCUT2D eigenvalue weighted by atomic mass is 29.6. The number of nitrogens with one attached hydrogen (secondary N) is 1. The summed E-state index contributed by atoms with van der Waals surface area (Å²) in [5.41, 5.74) is 8.74. The first kappa shape index (κ1) is 36.5. The van der Waals surface area contributed by atoms with E-state index in [1.54, 1.807) is 22.7 Å². The smallest absolute Gasteiger partial charge is 0.0809 e. The number of hydrogen-bond donors (Lipinski definition) is 1. The van der Waals surface area contributed by atoms with Crippen LogP contribution in [0.3, 0.4) is 0 Å². The molecule has 35 heavy (non-hydrogen) atoms. The summed E-state index contributed by atoms with van der Waals surface area (Å²) in [6, 6.07) is 0. The molecule has 0 saturated carbocycles. The number of hydrogen-bond acceptors (Lipinski definition) is 1. The summed E-state index contributed by atoms with van der Waals surface area (Å²) in [5.74, 6) is 0. The van der Waals surface area contributed by atoms with E-state index in [2.05, 4.69) is 132 Å². The predicted molar refractivity (Wildman–Crippen MR) is 189 cm³/mol. The Balaban J connectivity index is 7.67. The van der Waals surface area contributed by atoms with Crippen LogP contribution in [0, 0.1) is 0 Å². The van der Waals surface area contributed by atoms with E-state index in [-0.39, 0.29) is 5.54 Å². The van der Waals surface area contributed by atoms with Crippen LogP contribution in [0.5, 0.6) is 0 Å². The van der Waals surface area contributed by atoms with Crippen molar-refractivity contribution in [2.45, 2.75) is 166 Å². The Hall–Kier alpha value is 1.54. The van der Waals surface area contributed by atoms with Gasteiger partial charge in [-0.05, 0) is 26.3 Å². The first-order valence-corrected chi connectivity index (χ1v) is 39.8. The van der Waals surface area contributed by atoms with Crippen LogP contribution < -0.4 is 4.98 Å². The topological polar surface area (TPSA) is 12.0 Å². The first-order valence-electron chi connectivity index (χ1n) is 14.5. The van der Waals surface area contributed by atoms with Gasteiger partial charge in [0.1, 0.15) is 0 Å². The van der Waals surface area contributed by atoms with Gasteiger partial charge in [0.25, 0.3) is 0 Å². The first-order chi connectivity index (χ1) is 15.0. The molecule has 0 spiro atoms. The van der Waals surface area contributed by atoms with Crippen molar-refractivity contribution >= 4 is 63.2 Å². The molecule has 1 N–H and O–H groups in total. The Morgan fingerprint density at radius 1 is 0.571 bits per heavy atom. The molecule has 0 bridgehead atoms. The quantitative estimate of drug-likeness (QED) is 0.203. The van der Waals surface area contributed by atoms with Gasteiger partial charge in [0.15, 0.2) is 0 Å². The molecular formula is C26H68NSi8. The van der Waals surface area contributed by atoms with E-state index in [9.17, 15) is 0 Å². The zero-order chi connectivity index (χ0) is 28.5. The molecule has 0 aliphatic rings. The maximum absolute atomic E-state index is 4.59. The van der Waals surface area contributed by atoms with E-state index in [0.29, 0.717) is 0 Å². The second kappa shape index (κ2) is 12.4. The van der Waals surface area contributed by atoms with Crippen LogP contribution in [-0.4, -0.2) is 68.7 Å². The van der Waals surface area contributed by atoms with E-state index < -0.39 is 55.0 Å². The molecule has 0 saturated heterocycles. The zero-order valence-corrected chi connectivity index (χ0v) is 36.0. The summed E-state index contributed by atoms with van der Waals surface area (Å²) in [7, 11) is -6.88. The molecule has 0 rings (SSSR count).